The number of pyridine rings is 4. The minimum atomic E-state index is 0.910. The molecule has 0 radical (unpaired) electrons. The van der Waals surface area contributed by atoms with Gasteiger partial charge in [-0.15, -0.1) is 0 Å². The van der Waals surface area contributed by atoms with E-state index in [1.165, 1.54) is 153 Å². The second kappa shape index (κ2) is 27.2. The van der Waals surface area contributed by atoms with Gasteiger partial charge in [-0.1, -0.05) is 328 Å². The Morgan fingerprint density at radius 3 is 0.836 bits per heavy atom. The predicted molar refractivity (Wildman–Crippen MR) is 493 cm³/mol. The van der Waals surface area contributed by atoms with Crippen molar-refractivity contribution in [3.63, 3.8) is 0 Å². The third-order valence-corrected chi connectivity index (χ3v) is 23.9. The fourth-order valence-corrected chi connectivity index (χ4v) is 18.2. The van der Waals surface area contributed by atoms with E-state index >= 15 is 0 Å². The Bertz CT molecular complexity index is 8160. The Hall–Kier alpha value is -15.4. The molecule has 24 rings (SSSR count). The number of rotatable bonds is 8. The van der Waals surface area contributed by atoms with Crippen LogP contribution in [-0.2, 0) is 0 Å². The first-order valence-corrected chi connectivity index (χ1v) is 39.8. The van der Waals surface area contributed by atoms with Gasteiger partial charge in [0.2, 0.25) is 0 Å². The van der Waals surface area contributed by atoms with Crippen molar-refractivity contribution in [2.45, 2.75) is 0 Å². The Balaban J connectivity index is 0.000000137. The molecule has 4 heterocycles. The largest absolute Gasteiger partial charge is 0.245 e. The summed E-state index contributed by atoms with van der Waals surface area (Å²) in [5.74, 6) is 0. The monoisotopic (exact) mass is 1470 g/mol. The van der Waals surface area contributed by atoms with E-state index in [2.05, 4.69) is 413 Å². The Morgan fingerprint density at radius 2 is 0.397 bits per heavy atom. The molecule has 4 nitrogen and oxygen atoms in total. The van der Waals surface area contributed by atoms with Crippen LogP contribution in [0.15, 0.2) is 413 Å². The van der Waals surface area contributed by atoms with Crippen LogP contribution in [0.2, 0.25) is 0 Å². The van der Waals surface area contributed by atoms with Crippen LogP contribution in [-0.4, -0.2) is 19.9 Å². The van der Waals surface area contributed by atoms with Gasteiger partial charge in [0.25, 0.3) is 0 Å². The molecular weight excluding hydrogens is 1400 g/mol. The van der Waals surface area contributed by atoms with Gasteiger partial charge < -0.3 is 0 Å². The van der Waals surface area contributed by atoms with Crippen LogP contribution >= 0.6 is 0 Å². The molecule has 116 heavy (non-hydrogen) atoms. The van der Waals surface area contributed by atoms with E-state index < -0.39 is 0 Å². The molecule has 0 unspecified atom stereocenters. The van der Waals surface area contributed by atoms with Crippen LogP contribution in [0, 0.1) is 0 Å². The van der Waals surface area contributed by atoms with Crippen LogP contribution in [0.3, 0.4) is 0 Å². The van der Waals surface area contributed by atoms with Gasteiger partial charge in [0.15, 0.2) is 0 Å². The van der Waals surface area contributed by atoms with Crippen molar-refractivity contribution in [2.75, 3.05) is 0 Å². The molecule has 0 aliphatic rings. The second-order valence-corrected chi connectivity index (χ2v) is 30.7. The molecule has 20 aromatic carbocycles. The first-order valence-electron chi connectivity index (χ1n) is 39.8. The number of para-hydroxylation sites is 2. The maximum Gasteiger partial charge on any atom is 0.0978 e. The molecule has 4 heteroatoms. The zero-order chi connectivity index (χ0) is 76.3. The summed E-state index contributed by atoms with van der Waals surface area (Å²) < 4.78 is 0. The molecule has 0 saturated heterocycles. The van der Waals surface area contributed by atoms with E-state index in [4.69, 9.17) is 19.9 Å². The van der Waals surface area contributed by atoms with Crippen LogP contribution in [0.4, 0.5) is 0 Å². The van der Waals surface area contributed by atoms with Gasteiger partial charge in [0.1, 0.15) is 0 Å². The average molecular weight is 1470 g/mol. The predicted octanol–water partition coefficient (Wildman–Crippen LogP) is 30.4. The van der Waals surface area contributed by atoms with Gasteiger partial charge in [0.05, 0.1) is 44.5 Å². The van der Waals surface area contributed by atoms with E-state index in [0.717, 1.165) is 87.9 Å². The van der Waals surface area contributed by atoms with Gasteiger partial charge in [-0.2, -0.15) is 0 Å². The zero-order valence-corrected chi connectivity index (χ0v) is 63.0. The lowest BCUT2D eigenvalue weighted by Crippen LogP contribution is -1.95. The highest BCUT2D eigenvalue weighted by Crippen LogP contribution is 2.47. The smallest absolute Gasteiger partial charge is 0.0978 e. The minimum Gasteiger partial charge on any atom is -0.245 e. The van der Waals surface area contributed by atoms with E-state index in [0.29, 0.717) is 0 Å². The summed E-state index contributed by atoms with van der Waals surface area (Å²) in [4.78, 5) is 21.4. The molecule has 4 aromatic heterocycles. The fraction of sp³-hybridized carbons (Fsp3) is 0. The summed E-state index contributed by atoms with van der Waals surface area (Å²) in [7, 11) is 0. The molecule has 0 amide bonds. The Morgan fingerprint density at radius 1 is 0.121 bits per heavy atom. The normalized spacial score (nSPS) is 11.8. The first-order chi connectivity index (χ1) is 57.4. The van der Waals surface area contributed by atoms with Gasteiger partial charge in [-0.05, 0) is 227 Å². The molecule has 0 bridgehead atoms. The molecule has 0 spiro atoms. The van der Waals surface area contributed by atoms with Crippen molar-refractivity contribution in [3.05, 3.63) is 413 Å². The number of fused-ring (bicyclic) bond motifs is 16. The molecular formula is C112H68N4. The van der Waals surface area contributed by atoms with Crippen LogP contribution in [0.25, 0.3) is 241 Å². The van der Waals surface area contributed by atoms with Gasteiger partial charge >= 0.3 is 0 Å². The number of nitrogens with zero attached hydrogens (tertiary/aromatic N) is 4. The maximum absolute atomic E-state index is 5.55. The van der Waals surface area contributed by atoms with Gasteiger partial charge in [-0.3, -0.25) is 0 Å². The molecule has 536 valence electrons. The van der Waals surface area contributed by atoms with Crippen molar-refractivity contribution in [2.24, 2.45) is 0 Å². The second-order valence-electron chi connectivity index (χ2n) is 30.7. The summed E-state index contributed by atoms with van der Waals surface area (Å²) in [6, 6.07) is 149. The third kappa shape index (κ3) is 11.4. The van der Waals surface area contributed by atoms with Crippen molar-refractivity contribution >= 4 is 152 Å². The van der Waals surface area contributed by atoms with Crippen LogP contribution in [0.1, 0.15) is 0 Å². The number of hydrogen-bond acceptors (Lipinski definition) is 4. The van der Waals surface area contributed by atoms with E-state index in [9.17, 15) is 0 Å². The summed E-state index contributed by atoms with van der Waals surface area (Å²) in [5.41, 5.74) is 24.3. The highest BCUT2D eigenvalue weighted by molar-refractivity contribution is 6.23. The number of aromatic nitrogens is 4. The summed E-state index contributed by atoms with van der Waals surface area (Å²) >= 11 is 0. The standard InChI is InChI=1S/2C56H34N2/c1-2-13-36(14-3-1)52-48-20-10-11-21-50(48)57-56-49(52)30-28-37-29-31-51(58-55(37)56)54-46-18-8-6-16-44(46)53(45-17-7-9-19-47(45)54)43-27-26-41-33-40(24-25-42(41)34-43)39-23-22-35-12-4-5-15-38(35)32-39;1-2-9-36(10-3-1)54-50-12-6-7-13-53(50)58-56-51(54)26-24-37-25-27-52(57-55(37)56)47-23-22-46-32-48-31-44(20-21-45(48)33-49(46)34-47)43-19-18-41-29-40(16-17-42(41)30-43)39-15-14-35-8-4-5-11-38(35)28-39/h2*1-34H. The lowest BCUT2D eigenvalue weighted by molar-refractivity contribution is 1.40. The number of benzene rings is 20. The minimum absolute atomic E-state index is 0.910. The molecule has 0 saturated carbocycles. The lowest BCUT2D eigenvalue weighted by atomic mass is 9.86. The Kier molecular flexibility index (Phi) is 15.6. The van der Waals surface area contributed by atoms with Crippen LogP contribution < -0.4 is 0 Å². The molecule has 0 N–H and O–H groups in total. The van der Waals surface area contributed by atoms with Crippen molar-refractivity contribution in [3.8, 4) is 89.3 Å². The summed E-state index contributed by atoms with van der Waals surface area (Å²) in [6.07, 6.45) is 0. The lowest BCUT2D eigenvalue weighted by Gasteiger charge is -2.18. The van der Waals surface area contributed by atoms with Gasteiger partial charge in [-0.25, -0.2) is 19.9 Å². The SMILES string of the molecule is c1ccc(-c2c3ccccc3nc3c2ccc2ccc(-c4c5ccccc5c(-c5ccc6cc(-c7ccc8ccccc8c7)ccc6c5)c5ccccc45)nc23)cc1.c1ccc(-c2c3ccccc3nc3c2ccc2ccc(-c4ccc5cc6cc(-c7ccc8cc(-c9ccc%10ccccc%10c9)ccc8c7)ccc6cc5c4)nc23)cc1. The highest BCUT2D eigenvalue weighted by Gasteiger charge is 2.22. The van der Waals surface area contributed by atoms with E-state index in [1.54, 1.807) is 0 Å². The molecule has 0 aliphatic heterocycles. The maximum atomic E-state index is 5.55. The molecule has 24 aromatic rings. The average Bonchev–Trinajstić information content (AvgIpc) is 0.760. The quantitative estimate of drug-likeness (QED) is 0.112. The topological polar surface area (TPSA) is 51.6 Å². The van der Waals surface area contributed by atoms with Crippen LogP contribution in [0.5, 0.6) is 0 Å². The Labute approximate surface area is 668 Å². The summed E-state index contributed by atoms with van der Waals surface area (Å²) in [6.45, 7) is 0. The molecule has 0 aliphatic carbocycles. The molecule has 0 fully saturated rings. The van der Waals surface area contributed by atoms with Crippen molar-refractivity contribution < 1.29 is 0 Å². The van der Waals surface area contributed by atoms with E-state index in [1.807, 2.05) is 0 Å². The first kappa shape index (κ1) is 66.4. The zero-order valence-electron chi connectivity index (χ0n) is 63.0. The van der Waals surface area contributed by atoms with Gasteiger partial charge in [0, 0.05) is 54.6 Å². The van der Waals surface area contributed by atoms with Crippen molar-refractivity contribution in [1.82, 2.24) is 19.9 Å². The fourth-order valence-electron chi connectivity index (χ4n) is 18.2. The van der Waals surface area contributed by atoms with Crippen molar-refractivity contribution in [1.29, 1.82) is 0 Å². The molecule has 0 atom stereocenters. The number of hydrogen-bond donors (Lipinski definition) is 0. The third-order valence-electron chi connectivity index (χ3n) is 23.9. The highest BCUT2D eigenvalue weighted by atomic mass is 14.8. The summed E-state index contributed by atoms with van der Waals surface area (Å²) in [5, 5.41) is 26.3. The van der Waals surface area contributed by atoms with E-state index in [-0.39, 0.29) is 0 Å².